The number of nitro groups is 1. The van der Waals surface area contributed by atoms with Crippen LogP contribution in [-0.4, -0.2) is 28.0 Å². The molecular weight excluding hydrogens is 196 g/mol. The Kier molecular flexibility index (Phi) is 2.86. The van der Waals surface area contributed by atoms with Crippen molar-refractivity contribution in [1.29, 1.82) is 0 Å². The van der Waals surface area contributed by atoms with Crippen molar-refractivity contribution in [2.24, 2.45) is 0 Å². The molecule has 6 nitrogen and oxygen atoms in total. The van der Waals surface area contributed by atoms with Gasteiger partial charge in [-0.05, 0) is 25.9 Å². The monoisotopic (exact) mass is 208 g/mol. The first-order chi connectivity index (χ1) is 7.27. The second kappa shape index (κ2) is 4.31. The van der Waals surface area contributed by atoms with Gasteiger partial charge >= 0.3 is 5.69 Å². The second-order valence-corrected chi connectivity index (χ2v) is 3.58. The third-order valence-electron chi connectivity index (χ3n) is 2.57. The van der Waals surface area contributed by atoms with Crippen molar-refractivity contribution in [3.63, 3.8) is 0 Å². The molecule has 1 N–H and O–H groups in total. The summed E-state index contributed by atoms with van der Waals surface area (Å²) in [5.41, 5.74) is -0.0484. The van der Waals surface area contributed by atoms with Crippen LogP contribution in [0.1, 0.15) is 24.6 Å². The fourth-order valence-electron chi connectivity index (χ4n) is 1.72. The van der Waals surface area contributed by atoms with E-state index in [1.807, 2.05) is 0 Å². The average molecular weight is 208 g/mol. The van der Waals surface area contributed by atoms with Crippen LogP contribution in [0, 0.1) is 10.1 Å². The lowest BCUT2D eigenvalue weighted by molar-refractivity contribution is -0.385. The van der Waals surface area contributed by atoms with Crippen LogP contribution in [0.15, 0.2) is 12.4 Å². The van der Waals surface area contributed by atoms with Crippen molar-refractivity contribution >= 4 is 5.69 Å². The molecule has 1 aliphatic rings. The first-order valence-corrected chi connectivity index (χ1v) is 4.94. The Morgan fingerprint density at radius 2 is 1.93 bits per heavy atom. The minimum absolute atomic E-state index is 0.0484. The third-order valence-corrected chi connectivity index (χ3v) is 2.57. The molecular formula is C9H12N4O2. The first-order valence-electron chi connectivity index (χ1n) is 4.94. The van der Waals surface area contributed by atoms with Crippen molar-refractivity contribution in [2.45, 2.75) is 18.8 Å². The zero-order chi connectivity index (χ0) is 10.7. The molecule has 0 radical (unpaired) electrons. The minimum atomic E-state index is -0.480. The van der Waals surface area contributed by atoms with Crippen LogP contribution in [0.5, 0.6) is 0 Å². The maximum atomic E-state index is 10.4. The lowest BCUT2D eigenvalue weighted by Gasteiger charge is -2.20. The van der Waals surface area contributed by atoms with E-state index in [-0.39, 0.29) is 5.69 Å². The quantitative estimate of drug-likeness (QED) is 0.575. The molecule has 15 heavy (non-hydrogen) atoms. The Morgan fingerprint density at radius 1 is 1.33 bits per heavy atom. The van der Waals surface area contributed by atoms with E-state index in [1.54, 1.807) is 0 Å². The van der Waals surface area contributed by atoms with E-state index in [0.29, 0.717) is 5.92 Å². The van der Waals surface area contributed by atoms with Gasteiger partial charge in [-0.3, -0.25) is 10.1 Å². The predicted octanol–water partition coefficient (Wildman–Crippen LogP) is 0.852. The van der Waals surface area contributed by atoms with Crippen molar-refractivity contribution in [1.82, 2.24) is 15.3 Å². The van der Waals surface area contributed by atoms with Crippen LogP contribution in [0.25, 0.3) is 0 Å². The highest BCUT2D eigenvalue weighted by Crippen LogP contribution is 2.22. The topological polar surface area (TPSA) is 81.0 Å². The summed E-state index contributed by atoms with van der Waals surface area (Å²) in [4.78, 5) is 18.0. The normalized spacial score (nSPS) is 17.6. The van der Waals surface area contributed by atoms with Crippen molar-refractivity contribution in [3.8, 4) is 0 Å². The third kappa shape index (κ3) is 2.27. The number of nitrogens with zero attached hydrogens (tertiary/aromatic N) is 3. The zero-order valence-electron chi connectivity index (χ0n) is 8.22. The molecule has 0 bridgehead atoms. The molecule has 1 fully saturated rings. The number of hydrogen-bond donors (Lipinski definition) is 1. The van der Waals surface area contributed by atoms with E-state index < -0.39 is 4.92 Å². The standard InChI is InChI=1S/C9H12N4O2/c14-13(15)8-5-11-9(12-6-8)7-1-3-10-4-2-7/h5-7,10H,1-4H2. The van der Waals surface area contributed by atoms with Crippen molar-refractivity contribution in [2.75, 3.05) is 13.1 Å². The van der Waals surface area contributed by atoms with E-state index in [0.717, 1.165) is 31.8 Å². The van der Waals surface area contributed by atoms with Gasteiger partial charge in [-0.2, -0.15) is 0 Å². The Labute approximate surface area is 86.9 Å². The van der Waals surface area contributed by atoms with Gasteiger partial charge in [0.15, 0.2) is 0 Å². The van der Waals surface area contributed by atoms with Crippen molar-refractivity contribution < 1.29 is 4.92 Å². The summed E-state index contributed by atoms with van der Waals surface area (Å²) in [6, 6.07) is 0. The molecule has 80 valence electrons. The summed E-state index contributed by atoms with van der Waals surface area (Å²) in [7, 11) is 0. The molecule has 0 aliphatic carbocycles. The lowest BCUT2D eigenvalue weighted by atomic mass is 9.97. The van der Waals surface area contributed by atoms with E-state index >= 15 is 0 Å². The molecule has 0 atom stereocenters. The molecule has 0 spiro atoms. The largest absolute Gasteiger partial charge is 0.317 e. The maximum Gasteiger partial charge on any atom is 0.305 e. The summed E-state index contributed by atoms with van der Waals surface area (Å²) in [6.45, 7) is 1.93. The Hall–Kier alpha value is -1.56. The molecule has 2 heterocycles. The molecule has 1 aromatic rings. The summed E-state index contributed by atoms with van der Waals surface area (Å²) in [5, 5.41) is 13.7. The van der Waals surface area contributed by atoms with Gasteiger partial charge in [-0.15, -0.1) is 0 Å². The first kappa shape index (κ1) is 9.97. The van der Waals surface area contributed by atoms with Gasteiger partial charge < -0.3 is 5.32 Å². The van der Waals surface area contributed by atoms with Gasteiger partial charge in [-0.1, -0.05) is 0 Å². The van der Waals surface area contributed by atoms with Crippen molar-refractivity contribution in [3.05, 3.63) is 28.3 Å². The van der Waals surface area contributed by atoms with Gasteiger partial charge in [0.2, 0.25) is 0 Å². The van der Waals surface area contributed by atoms with Crippen LogP contribution in [0.4, 0.5) is 5.69 Å². The molecule has 1 aromatic heterocycles. The summed E-state index contributed by atoms with van der Waals surface area (Å²) in [6.07, 6.45) is 4.56. The Balaban J connectivity index is 2.11. The SMILES string of the molecule is O=[N+]([O-])c1cnc(C2CCNCC2)nc1. The van der Waals surface area contributed by atoms with Crippen LogP contribution in [-0.2, 0) is 0 Å². The molecule has 1 aliphatic heterocycles. The van der Waals surface area contributed by atoms with Gasteiger partial charge in [0.1, 0.15) is 18.2 Å². The fourth-order valence-corrected chi connectivity index (χ4v) is 1.72. The lowest BCUT2D eigenvalue weighted by Crippen LogP contribution is -2.27. The summed E-state index contributed by atoms with van der Waals surface area (Å²) in [5.74, 6) is 1.06. The van der Waals surface area contributed by atoms with E-state index in [9.17, 15) is 10.1 Å². The van der Waals surface area contributed by atoms with Crippen LogP contribution in [0.3, 0.4) is 0 Å². The number of nitrogens with one attached hydrogen (secondary N) is 1. The average Bonchev–Trinajstić information content (AvgIpc) is 2.30. The Morgan fingerprint density at radius 3 is 2.47 bits per heavy atom. The number of rotatable bonds is 2. The maximum absolute atomic E-state index is 10.4. The number of aromatic nitrogens is 2. The Bertz CT molecular complexity index is 346. The van der Waals surface area contributed by atoms with Gasteiger partial charge in [0, 0.05) is 5.92 Å². The zero-order valence-corrected chi connectivity index (χ0v) is 8.22. The van der Waals surface area contributed by atoms with Crippen LogP contribution in [0.2, 0.25) is 0 Å². The highest BCUT2D eigenvalue weighted by Gasteiger charge is 2.18. The highest BCUT2D eigenvalue weighted by atomic mass is 16.6. The molecule has 2 rings (SSSR count). The molecule has 0 saturated carbocycles. The van der Waals surface area contributed by atoms with Gasteiger partial charge in [-0.25, -0.2) is 9.97 Å². The molecule has 6 heteroatoms. The minimum Gasteiger partial charge on any atom is -0.317 e. The molecule has 0 aromatic carbocycles. The smallest absolute Gasteiger partial charge is 0.305 e. The van der Waals surface area contributed by atoms with Crippen LogP contribution < -0.4 is 5.32 Å². The fraction of sp³-hybridized carbons (Fsp3) is 0.556. The van der Waals surface area contributed by atoms with Gasteiger partial charge in [0.25, 0.3) is 0 Å². The van der Waals surface area contributed by atoms with E-state index in [4.69, 9.17) is 0 Å². The number of hydrogen-bond acceptors (Lipinski definition) is 5. The highest BCUT2D eigenvalue weighted by molar-refractivity contribution is 5.21. The van der Waals surface area contributed by atoms with Crippen LogP contribution >= 0.6 is 0 Å². The van der Waals surface area contributed by atoms with Gasteiger partial charge in [0.05, 0.1) is 4.92 Å². The molecule has 1 saturated heterocycles. The predicted molar refractivity (Wildman–Crippen MR) is 53.5 cm³/mol. The van der Waals surface area contributed by atoms with E-state index in [2.05, 4.69) is 15.3 Å². The molecule has 0 amide bonds. The summed E-state index contributed by atoms with van der Waals surface area (Å²) >= 11 is 0. The number of piperidine rings is 1. The molecule has 0 unspecified atom stereocenters. The summed E-state index contributed by atoms with van der Waals surface area (Å²) < 4.78 is 0. The van der Waals surface area contributed by atoms with E-state index in [1.165, 1.54) is 12.4 Å². The second-order valence-electron chi connectivity index (χ2n) is 3.58.